The predicted molar refractivity (Wildman–Crippen MR) is 70.8 cm³/mol. The summed E-state index contributed by atoms with van der Waals surface area (Å²) in [5.41, 5.74) is 2.24. The molecule has 1 aliphatic rings. The number of carbonyl (C=O) groups is 1. The molecule has 0 unspecified atom stereocenters. The second kappa shape index (κ2) is 6.36. The minimum atomic E-state index is -1.16. The van der Waals surface area contributed by atoms with Crippen LogP contribution in [-0.2, 0) is 4.84 Å². The van der Waals surface area contributed by atoms with Gasteiger partial charge in [-0.3, -0.25) is 0 Å². The fraction of sp³-hybridized carbons (Fsp3) is 0.467. The van der Waals surface area contributed by atoms with E-state index in [2.05, 4.69) is 12.1 Å². The van der Waals surface area contributed by atoms with Crippen LogP contribution in [0, 0.1) is 0 Å². The molecule has 2 rings (SSSR count). The quantitative estimate of drug-likeness (QED) is 0.738. The Hall–Kier alpha value is -1.84. The molecule has 0 fully saturated rings. The molecule has 0 aromatic heterocycles. The van der Waals surface area contributed by atoms with Gasteiger partial charge < -0.3 is 14.7 Å². The van der Waals surface area contributed by atoms with Crippen LogP contribution in [0.15, 0.2) is 29.4 Å². The summed E-state index contributed by atoms with van der Waals surface area (Å²) in [5, 5.41) is 14.8. The van der Waals surface area contributed by atoms with E-state index in [-0.39, 0.29) is 11.7 Å². The number of carbonyl (C=O) groups excluding carboxylic acids is 1. The molecule has 0 bridgehead atoms. The fourth-order valence-electron chi connectivity index (χ4n) is 2.17. The average Bonchev–Trinajstić information content (AvgIpc) is 2.88. The van der Waals surface area contributed by atoms with Crippen LogP contribution in [0.5, 0.6) is 0 Å². The molecule has 0 aliphatic carbocycles. The molecule has 1 aliphatic heterocycles. The van der Waals surface area contributed by atoms with Gasteiger partial charge in [-0.1, -0.05) is 49.2 Å². The summed E-state index contributed by atoms with van der Waals surface area (Å²) < 4.78 is 0. The number of benzene rings is 1. The molecule has 0 saturated heterocycles. The Labute approximate surface area is 113 Å². The molecular weight excluding hydrogens is 242 g/mol. The molecule has 0 N–H and O–H groups in total. The Morgan fingerprint density at radius 3 is 2.74 bits per heavy atom. The molecular formula is C15H18NO3-. The van der Waals surface area contributed by atoms with Gasteiger partial charge in [0.2, 0.25) is 0 Å². The zero-order valence-corrected chi connectivity index (χ0v) is 11.1. The van der Waals surface area contributed by atoms with Crippen molar-refractivity contribution in [2.24, 2.45) is 5.16 Å². The SMILES string of the molecule is CCCCCC1=NO[C@@H](c2ccc(C(=O)[O-])cc2)C1. The lowest BCUT2D eigenvalue weighted by molar-refractivity contribution is -0.255. The minimum absolute atomic E-state index is 0.0765. The summed E-state index contributed by atoms with van der Waals surface area (Å²) in [6, 6.07) is 6.62. The number of aromatic carboxylic acids is 1. The molecule has 4 heteroatoms. The highest BCUT2D eigenvalue weighted by atomic mass is 16.6. The van der Waals surface area contributed by atoms with Gasteiger partial charge in [0.1, 0.15) is 0 Å². The first-order chi connectivity index (χ1) is 9.20. The number of unbranched alkanes of at least 4 members (excludes halogenated alkanes) is 2. The number of hydrogen-bond donors (Lipinski definition) is 0. The van der Waals surface area contributed by atoms with Crippen LogP contribution in [-0.4, -0.2) is 11.7 Å². The number of carboxylic acid groups (broad SMARTS) is 1. The van der Waals surface area contributed by atoms with E-state index in [4.69, 9.17) is 4.84 Å². The largest absolute Gasteiger partial charge is 0.545 e. The van der Waals surface area contributed by atoms with E-state index in [1.807, 2.05) is 0 Å². The molecule has 0 spiro atoms. The summed E-state index contributed by atoms with van der Waals surface area (Å²) >= 11 is 0. The van der Waals surface area contributed by atoms with E-state index in [9.17, 15) is 9.90 Å². The number of rotatable bonds is 6. The van der Waals surface area contributed by atoms with Crippen LogP contribution in [0.2, 0.25) is 0 Å². The van der Waals surface area contributed by atoms with Gasteiger partial charge in [0, 0.05) is 6.42 Å². The predicted octanol–water partition coefficient (Wildman–Crippen LogP) is 2.45. The molecule has 0 saturated carbocycles. The highest BCUT2D eigenvalue weighted by Crippen LogP contribution is 2.28. The molecule has 1 aromatic rings. The van der Waals surface area contributed by atoms with Gasteiger partial charge >= 0.3 is 0 Å². The first-order valence-electron chi connectivity index (χ1n) is 6.73. The molecule has 1 heterocycles. The highest BCUT2D eigenvalue weighted by molar-refractivity contribution is 5.86. The van der Waals surface area contributed by atoms with Crippen molar-refractivity contribution in [1.82, 2.24) is 0 Å². The fourth-order valence-corrected chi connectivity index (χ4v) is 2.17. The number of carboxylic acids is 1. The van der Waals surface area contributed by atoms with Crippen molar-refractivity contribution in [3.05, 3.63) is 35.4 Å². The van der Waals surface area contributed by atoms with Crippen molar-refractivity contribution in [1.29, 1.82) is 0 Å². The first-order valence-corrected chi connectivity index (χ1v) is 6.73. The Morgan fingerprint density at radius 1 is 1.37 bits per heavy atom. The Balaban J connectivity index is 1.89. The topological polar surface area (TPSA) is 61.7 Å². The third-order valence-electron chi connectivity index (χ3n) is 3.32. The van der Waals surface area contributed by atoms with Crippen molar-refractivity contribution >= 4 is 11.7 Å². The van der Waals surface area contributed by atoms with Crippen molar-refractivity contribution in [2.75, 3.05) is 0 Å². The van der Waals surface area contributed by atoms with Crippen molar-refractivity contribution < 1.29 is 14.7 Å². The highest BCUT2D eigenvalue weighted by Gasteiger charge is 2.22. The van der Waals surface area contributed by atoms with Gasteiger partial charge in [0.05, 0.1) is 11.7 Å². The van der Waals surface area contributed by atoms with Gasteiger partial charge in [-0.05, 0) is 24.0 Å². The van der Waals surface area contributed by atoms with E-state index in [0.29, 0.717) is 0 Å². The van der Waals surface area contributed by atoms with Crippen LogP contribution >= 0.6 is 0 Å². The molecule has 1 aromatic carbocycles. The van der Waals surface area contributed by atoms with Crippen LogP contribution < -0.4 is 5.11 Å². The minimum Gasteiger partial charge on any atom is -0.545 e. The Morgan fingerprint density at radius 2 is 2.11 bits per heavy atom. The Bertz CT molecular complexity index is 465. The summed E-state index contributed by atoms with van der Waals surface area (Å²) in [6.07, 6.45) is 5.27. The van der Waals surface area contributed by atoms with Crippen LogP contribution in [0.4, 0.5) is 0 Å². The van der Waals surface area contributed by atoms with Crippen molar-refractivity contribution in [3.8, 4) is 0 Å². The lowest BCUT2D eigenvalue weighted by Crippen LogP contribution is -2.22. The van der Waals surface area contributed by atoms with Crippen LogP contribution in [0.25, 0.3) is 0 Å². The smallest absolute Gasteiger partial charge is 0.157 e. The number of hydrogen-bond acceptors (Lipinski definition) is 4. The third kappa shape index (κ3) is 3.56. The van der Waals surface area contributed by atoms with Crippen molar-refractivity contribution in [2.45, 2.75) is 45.1 Å². The number of nitrogens with zero attached hydrogens (tertiary/aromatic N) is 1. The van der Waals surface area contributed by atoms with E-state index in [0.717, 1.165) is 30.5 Å². The summed E-state index contributed by atoms with van der Waals surface area (Å²) in [4.78, 5) is 16.1. The summed E-state index contributed by atoms with van der Waals surface area (Å²) in [7, 11) is 0. The number of oxime groups is 1. The molecule has 19 heavy (non-hydrogen) atoms. The van der Waals surface area contributed by atoms with Crippen LogP contribution in [0.3, 0.4) is 0 Å². The van der Waals surface area contributed by atoms with Gasteiger partial charge in [0.15, 0.2) is 6.10 Å². The van der Waals surface area contributed by atoms with E-state index in [1.54, 1.807) is 24.3 Å². The zero-order chi connectivity index (χ0) is 13.7. The standard InChI is InChI=1S/C15H19NO3/c1-2-3-4-5-13-10-14(19-16-13)11-6-8-12(9-7-11)15(17)18/h6-9,14H,2-5,10H2,1H3,(H,17,18)/p-1/t14-/m1/s1. The Kier molecular flexibility index (Phi) is 4.55. The van der Waals surface area contributed by atoms with Gasteiger partial charge in [0.25, 0.3) is 0 Å². The summed E-state index contributed by atoms with van der Waals surface area (Å²) in [6.45, 7) is 2.18. The monoisotopic (exact) mass is 260 g/mol. The maximum atomic E-state index is 10.7. The first kappa shape index (κ1) is 13.6. The van der Waals surface area contributed by atoms with E-state index >= 15 is 0 Å². The third-order valence-corrected chi connectivity index (χ3v) is 3.32. The lowest BCUT2D eigenvalue weighted by Gasteiger charge is -2.09. The van der Waals surface area contributed by atoms with Gasteiger partial charge in [-0.25, -0.2) is 0 Å². The van der Waals surface area contributed by atoms with Crippen LogP contribution in [0.1, 0.15) is 61.1 Å². The normalized spacial score (nSPS) is 17.9. The lowest BCUT2D eigenvalue weighted by atomic mass is 10.0. The maximum absolute atomic E-state index is 10.7. The van der Waals surface area contributed by atoms with E-state index < -0.39 is 5.97 Å². The molecule has 0 radical (unpaired) electrons. The second-order valence-corrected chi connectivity index (χ2v) is 4.82. The molecule has 102 valence electrons. The maximum Gasteiger partial charge on any atom is 0.157 e. The molecule has 4 nitrogen and oxygen atoms in total. The van der Waals surface area contributed by atoms with Crippen molar-refractivity contribution in [3.63, 3.8) is 0 Å². The molecule has 1 atom stereocenters. The zero-order valence-electron chi connectivity index (χ0n) is 11.1. The second-order valence-electron chi connectivity index (χ2n) is 4.82. The summed E-state index contributed by atoms with van der Waals surface area (Å²) in [5.74, 6) is -1.16. The van der Waals surface area contributed by atoms with E-state index in [1.165, 1.54) is 12.8 Å². The van der Waals surface area contributed by atoms with Gasteiger partial charge in [-0.2, -0.15) is 0 Å². The molecule has 0 amide bonds. The van der Waals surface area contributed by atoms with Gasteiger partial charge in [-0.15, -0.1) is 0 Å². The average molecular weight is 260 g/mol.